The maximum atomic E-state index is 12.1. The highest BCUT2D eigenvalue weighted by molar-refractivity contribution is 6.06. The predicted octanol–water partition coefficient (Wildman–Crippen LogP) is 1.54. The number of aromatic nitrogens is 4. The molecule has 1 amide bonds. The maximum Gasteiger partial charge on any atom is 0.279 e. The van der Waals surface area contributed by atoms with Gasteiger partial charge in [-0.15, -0.1) is 0 Å². The zero-order valence-corrected chi connectivity index (χ0v) is 11.3. The van der Waals surface area contributed by atoms with Gasteiger partial charge in [0.25, 0.3) is 5.91 Å². The molecule has 0 saturated heterocycles. The van der Waals surface area contributed by atoms with E-state index in [-0.39, 0.29) is 11.6 Å². The lowest BCUT2D eigenvalue weighted by atomic mass is 10.2. The van der Waals surface area contributed by atoms with Crippen LogP contribution in [0.15, 0.2) is 0 Å². The number of nitrogens with zero attached hydrogens (tertiary/aromatic N) is 2. The second-order valence-electron chi connectivity index (χ2n) is 4.49. The molecule has 2 rings (SSSR count). The molecule has 0 atom stereocenters. The SMILES string of the molecule is CCCc1[nH]nc(C(=O)Nc2n[nH]c(C)c2C)c1N. The second kappa shape index (κ2) is 5.13. The van der Waals surface area contributed by atoms with Gasteiger partial charge in [0.2, 0.25) is 0 Å². The number of carbonyl (C=O) groups excluding carboxylic acids is 1. The van der Waals surface area contributed by atoms with Crippen molar-refractivity contribution < 1.29 is 4.79 Å². The normalized spacial score (nSPS) is 10.7. The summed E-state index contributed by atoms with van der Waals surface area (Å²) >= 11 is 0. The van der Waals surface area contributed by atoms with Gasteiger partial charge in [0.15, 0.2) is 11.5 Å². The molecule has 2 aromatic rings. The summed E-state index contributed by atoms with van der Waals surface area (Å²) in [4.78, 5) is 12.1. The van der Waals surface area contributed by atoms with Gasteiger partial charge in [-0.1, -0.05) is 13.3 Å². The Labute approximate surface area is 111 Å². The van der Waals surface area contributed by atoms with Gasteiger partial charge in [-0.25, -0.2) is 0 Å². The zero-order valence-electron chi connectivity index (χ0n) is 11.3. The topological polar surface area (TPSA) is 112 Å². The molecule has 2 aromatic heterocycles. The number of rotatable bonds is 4. The van der Waals surface area contributed by atoms with E-state index in [0.29, 0.717) is 11.5 Å². The average molecular weight is 262 g/mol. The Morgan fingerprint density at radius 3 is 2.63 bits per heavy atom. The first-order chi connectivity index (χ1) is 9.04. The van der Waals surface area contributed by atoms with Crippen LogP contribution in [-0.2, 0) is 6.42 Å². The highest BCUT2D eigenvalue weighted by Crippen LogP contribution is 2.19. The molecule has 5 N–H and O–H groups in total. The Hall–Kier alpha value is -2.31. The molecule has 0 radical (unpaired) electrons. The standard InChI is InChI=1S/C12H18N6O/c1-4-5-8-9(13)10(17-16-8)12(19)14-11-6(2)7(3)15-18-11/h4-5,13H2,1-3H3,(H,16,17)(H2,14,15,18,19). The Bertz CT molecular complexity index is 597. The van der Waals surface area contributed by atoms with Crippen molar-refractivity contribution in [1.82, 2.24) is 20.4 Å². The van der Waals surface area contributed by atoms with E-state index in [1.807, 2.05) is 20.8 Å². The van der Waals surface area contributed by atoms with Gasteiger partial charge in [0, 0.05) is 11.3 Å². The maximum absolute atomic E-state index is 12.1. The molecule has 102 valence electrons. The lowest BCUT2D eigenvalue weighted by Gasteiger charge is -2.01. The molecule has 0 aromatic carbocycles. The van der Waals surface area contributed by atoms with Gasteiger partial charge in [0.1, 0.15) is 0 Å². The van der Waals surface area contributed by atoms with Gasteiger partial charge >= 0.3 is 0 Å². The number of carbonyl (C=O) groups is 1. The van der Waals surface area contributed by atoms with Crippen molar-refractivity contribution in [2.45, 2.75) is 33.6 Å². The summed E-state index contributed by atoms with van der Waals surface area (Å²) in [5, 5.41) is 16.3. The van der Waals surface area contributed by atoms with E-state index < -0.39 is 0 Å². The Balaban J connectivity index is 2.18. The lowest BCUT2D eigenvalue weighted by Crippen LogP contribution is -2.15. The molecule has 0 bridgehead atoms. The summed E-state index contributed by atoms with van der Waals surface area (Å²) in [5.41, 5.74) is 9.13. The van der Waals surface area contributed by atoms with Crippen molar-refractivity contribution in [3.63, 3.8) is 0 Å². The number of amides is 1. The minimum Gasteiger partial charge on any atom is -0.395 e. The number of aromatic amines is 2. The summed E-state index contributed by atoms with van der Waals surface area (Å²) in [6, 6.07) is 0. The van der Waals surface area contributed by atoms with Crippen LogP contribution in [0.1, 0.15) is 40.8 Å². The minimum absolute atomic E-state index is 0.212. The molecule has 0 saturated carbocycles. The third-order valence-corrected chi connectivity index (χ3v) is 3.08. The van der Waals surface area contributed by atoms with Gasteiger partial charge in [-0.05, 0) is 20.3 Å². The fourth-order valence-electron chi connectivity index (χ4n) is 1.77. The Morgan fingerprint density at radius 1 is 1.32 bits per heavy atom. The molecular weight excluding hydrogens is 244 g/mol. The summed E-state index contributed by atoms with van der Waals surface area (Å²) < 4.78 is 0. The van der Waals surface area contributed by atoms with Gasteiger partial charge in [-0.3, -0.25) is 15.0 Å². The second-order valence-corrected chi connectivity index (χ2v) is 4.49. The molecule has 0 spiro atoms. The van der Waals surface area contributed by atoms with Gasteiger partial charge in [-0.2, -0.15) is 10.2 Å². The fourth-order valence-corrected chi connectivity index (χ4v) is 1.77. The summed E-state index contributed by atoms with van der Waals surface area (Å²) in [5.74, 6) is 0.146. The fraction of sp³-hybridized carbons (Fsp3) is 0.417. The third-order valence-electron chi connectivity index (χ3n) is 3.08. The predicted molar refractivity (Wildman–Crippen MR) is 73.0 cm³/mol. The number of anilines is 2. The van der Waals surface area contributed by atoms with E-state index in [1.165, 1.54) is 0 Å². The molecular formula is C12H18N6O. The summed E-state index contributed by atoms with van der Waals surface area (Å²) in [6.07, 6.45) is 1.71. The quantitative estimate of drug-likeness (QED) is 0.669. The van der Waals surface area contributed by atoms with Crippen LogP contribution in [0, 0.1) is 13.8 Å². The number of hydrogen-bond donors (Lipinski definition) is 4. The molecule has 19 heavy (non-hydrogen) atoms. The first-order valence-electron chi connectivity index (χ1n) is 6.20. The van der Waals surface area contributed by atoms with Crippen molar-refractivity contribution in [3.05, 3.63) is 22.6 Å². The van der Waals surface area contributed by atoms with E-state index in [0.717, 1.165) is 29.8 Å². The first kappa shape index (κ1) is 13.1. The number of hydrogen-bond acceptors (Lipinski definition) is 4. The van der Waals surface area contributed by atoms with Crippen molar-refractivity contribution >= 4 is 17.4 Å². The highest BCUT2D eigenvalue weighted by atomic mass is 16.2. The Kier molecular flexibility index (Phi) is 3.55. The van der Waals surface area contributed by atoms with Crippen molar-refractivity contribution in [2.24, 2.45) is 0 Å². The summed E-state index contributed by atoms with van der Waals surface area (Å²) in [7, 11) is 0. The minimum atomic E-state index is -0.356. The lowest BCUT2D eigenvalue weighted by molar-refractivity contribution is 0.102. The number of nitrogens with two attached hydrogens (primary N) is 1. The molecule has 2 heterocycles. The van der Waals surface area contributed by atoms with Crippen LogP contribution in [0.25, 0.3) is 0 Å². The zero-order chi connectivity index (χ0) is 14.0. The molecule has 0 aliphatic heterocycles. The molecule has 0 aliphatic rings. The van der Waals surface area contributed by atoms with Crippen LogP contribution >= 0.6 is 0 Å². The number of nitrogen functional groups attached to an aromatic ring is 1. The largest absolute Gasteiger partial charge is 0.395 e. The number of H-pyrrole nitrogens is 2. The highest BCUT2D eigenvalue weighted by Gasteiger charge is 2.18. The van der Waals surface area contributed by atoms with Gasteiger partial charge < -0.3 is 11.1 Å². The Morgan fingerprint density at radius 2 is 2.05 bits per heavy atom. The molecule has 0 fully saturated rings. The molecule has 0 unspecified atom stereocenters. The van der Waals surface area contributed by atoms with E-state index >= 15 is 0 Å². The van der Waals surface area contributed by atoms with Crippen LogP contribution in [0.3, 0.4) is 0 Å². The molecule has 0 aliphatic carbocycles. The van der Waals surface area contributed by atoms with Crippen LogP contribution < -0.4 is 11.1 Å². The molecule has 7 heteroatoms. The van der Waals surface area contributed by atoms with Crippen molar-refractivity contribution in [1.29, 1.82) is 0 Å². The van der Waals surface area contributed by atoms with E-state index in [2.05, 4.69) is 25.7 Å². The van der Waals surface area contributed by atoms with E-state index in [9.17, 15) is 4.79 Å². The number of nitrogens with one attached hydrogen (secondary N) is 3. The monoisotopic (exact) mass is 262 g/mol. The summed E-state index contributed by atoms with van der Waals surface area (Å²) in [6.45, 7) is 5.81. The van der Waals surface area contributed by atoms with E-state index in [1.54, 1.807) is 0 Å². The third kappa shape index (κ3) is 2.44. The average Bonchev–Trinajstić information content (AvgIpc) is 2.88. The smallest absolute Gasteiger partial charge is 0.279 e. The van der Waals surface area contributed by atoms with Gasteiger partial charge in [0.05, 0.1) is 11.4 Å². The van der Waals surface area contributed by atoms with Crippen LogP contribution in [0.2, 0.25) is 0 Å². The van der Waals surface area contributed by atoms with Crippen LogP contribution in [0.5, 0.6) is 0 Å². The van der Waals surface area contributed by atoms with Crippen LogP contribution in [0.4, 0.5) is 11.5 Å². The molecule has 7 nitrogen and oxygen atoms in total. The van der Waals surface area contributed by atoms with E-state index in [4.69, 9.17) is 5.73 Å². The number of aryl methyl sites for hydroxylation is 2. The van der Waals surface area contributed by atoms with Crippen LogP contribution in [-0.4, -0.2) is 26.3 Å². The van der Waals surface area contributed by atoms with Crippen molar-refractivity contribution in [3.8, 4) is 0 Å². The first-order valence-corrected chi connectivity index (χ1v) is 6.20. The van der Waals surface area contributed by atoms with Crippen molar-refractivity contribution in [2.75, 3.05) is 11.1 Å².